The summed E-state index contributed by atoms with van der Waals surface area (Å²) in [5, 5.41) is 7.42. The van der Waals surface area contributed by atoms with Gasteiger partial charge in [-0.3, -0.25) is 4.99 Å². The van der Waals surface area contributed by atoms with Gasteiger partial charge in [-0.05, 0) is 6.42 Å². The van der Waals surface area contributed by atoms with Crippen molar-refractivity contribution in [2.75, 3.05) is 20.6 Å². The molecule has 0 atom stereocenters. The summed E-state index contributed by atoms with van der Waals surface area (Å²) >= 11 is 0. The molecule has 0 aliphatic rings. The standard InChI is InChI=1S/C17H24N4O/c1-4-5-11-21(3)17(18-2)19-13-15-12-16(22-20-15)14-9-7-6-8-10-14/h6-10,12H,4-5,11,13H2,1-3H3,(H,18,19). The average molecular weight is 300 g/mol. The van der Waals surface area contributed by atoms with Crippen molar-refractivity contribution in [3.05, 3.63) is 42.1 Å². The van der Waals surface area contributed by atoms with Gasteiger partial charge in [0.2, 0.25) is 0 Å². The van der Waals surface area contributed by atoms with E-state index in [9.17, 15) is 0 Å². The molecule has 1 aromatic heterocycles. The fraction of sp³-hybridized carbons (Fsp3) is 0.412. The predicted molar refractivity (Wildman–Crippen MR) is 89.7 cm³/mol. The molecule has 0 fully saturated rings. The van der Waals surface area contributed by atoms with Crippen molar-refractivity contribution in [3.63, 3.8) is 0 Å². The molecule has 5 heteroatoms. The van der Waals surface area contributed by atoms with Gasteiger partial charge in [-0.1, -0.05) is 48.8 Å². The van der Waals surface area contributed by atoms with Gasteiger partial charge in [0.1, 0.15) is 5.69 Å². The van der Waals surface area contributed by atoms with E-state index in [1.807, 2.05) is 43.4 Å². The molecule has 0 radical (unpaired) electrons. The van der Waals surface area contributed by atoms with Crippen molar-refractivity contribution < 1.29 is 4.52 Å². The quantitative estimate of drug-likeness (QED) is 0.658. The van der Waals surface area contributed by atoms with Crippen LogP contribution in [0.2, 0.25) is 0 Å². The third-order valence-electron chi connectivity index (χ3n) is 3.47. The first-order valence-electron chi connectivity index (χ1n) is 7.67. The molecule has 0 saturated heterocycles. The lowest BCUT2D eigenvalue weighted by molar-refractivity contribution is 0.420. The third-order valence-corrected chi connectivity index (χ3v) is 3.47. The Kier molecular flexibility index (Phi) is 6.01. The molecule has 22 heavy (non-hydrogen) atoms. The second-order valence-corrected chi connectivity index (χ2v) is 5.22. The van der Waals surface area contributed by atoms with E-state index in [1.54, 1.807) is 7.05 Å². The van der Waals surface area contributed by atoms with Crippen LogP contribution in [0.25, 0.3) is 11.3 Å². The summed E-state index contributed by atoms with van der Waals surface area (Å²) < 4.78 is 5.40. The van der Waals surface area contributed by atoms with Gasteiger partial charge in [0.15, 0.2) is 11.7 Å². The zero-order valence-electron chi connectivity index (χ0n) is 13.5. The number of rotatable bonds is 6. The van der Waals surface area contributed by atoms with Crippen molar-refractivity contribution >= 4 is 5.96 Å². The number of nitrogens with zero attached hydrogens (tertiary/aromatic N) is 3. The largest absolute Gasteiger partial charge is 0.356 e. The Labute approximate surface area is 132 Å². The van der Waals surface area contributed by atoms with Crippen LogP contribution in [-0.2, 0) is 6.54 Å². The van der Waals surface area contributed by atoms with E-state index in [1.165, 1.54) is 6.42 Å². The highest BCUT2D eigenvalue weighted by Crippen LogP contribution is 2.19. The van der Waals surface area contributed by atoms with Crippen LogP contribution < -0.4 is 5.32 Å². The van der Waals surface area contributed by atoms with E-state index < -0.39 is 0 Å². The van der Waals surface area contributed by atoms with Crippen LogP contribution >= 0.6 is 0 Å². The SMILES string of the molecule is CCCCN(C)C(=NC)NCc1cc(-c2ccccc2)on1. The van der Waals surface area contributed by atoms with Crippen LogP contribution in [-0.4, -0.2) is 36.7 Å². The van der Waals surface area contributed by atoms with Gasteiger partial charge in [-0.2, -0.15) is 0 Å². The van der Waals surface area contributed by atoms with Crippen LogP contribution in [0.3, 0.4) is 0 Å². The fourth-order valence-corrected chi connectivity index (χ4v) is 2.19. The van der Waals surface area contributed by atoms with Crippen LogP contribution in [0.4, 0.5) is 0 Å². The van der Waals surface area contributed by atoms with Crippen molar-refractivity contribution in [1.29, 1.82) is 0 Å². The highest BCUT2D eigenvalue weighted by Gasteiger charge is 2.09. The van der Waals surface area contributed by atoms with Gasteiger partial charge in [0, 0.05) is 32.3 Å². The molecule has 0 aliphatic carbocycles. The number of aromatic nitrogens is 1. The van der Waals surface area contributed by atoms with Crippen molar-refractivity contribution in [1.82, 2.24) is 15.4 Å². The summed E-state index contributed by atoms with van der Waals surface area (Å²) in [5.41, 5.74) is 1.90. The van der Waals surface area contributed by atoms with Crippen LogP contribution in [0.1, 0.15) is 25.5 Å². The molecule has 1 heterocycles. The number of benzene rings is 1. The molecule has 1 aromatic carbocycles. The smallest absolute Gasteiger partial charge is 0.193 e. The fourth-order valence-electron chi connectivity index (χ4n) is 2.19. The Balaban J connectivity index is 1.93. The van der Waals surface area contributed by atoms with E-state index >= 15 is 0 Å². The molecule has 0 saturated carbocycles. The van der Waals surface area contributed by atoms with Gasteiger partial charge >= 0.3 is 0 Å². The molecule has 0 bridgehead atoms. The first kappa shape index (κ1) is 16.1. The van der Waals surface area contributed by atoms with E-state index in [2.05, 4.69) is 27.3 Å². The Hall–Kier alpha value is -2.30. The third kappa shape index (κ3) is 4.35. The summed E-state index contributed by atoms with van der Waals surface area (Å²) in [6, 6.07) is 11.9. The molecule has 0 aliphatic heterocycles. The zero-order valence-corrected chi connectivity index (χ0v) is 13.5. The van der Waals surface area contributed by atoms with E-state index in [0.29, 0.717) is 6.54 Å². The van der Waals surface area contributed by atoms with E-state index in [4.69, 9.17) is 4.52 Å². The summed E-state index contributed by atoms with van der Waals surface area (Å²) in [4.78, 5) is 6.42. The molecule has 2 rings (SSSR count). The number of hydrogen-bond donors (Lipinski definition) is 1. The Bertz CT molecular complexity index is 592. The predicted octanol–water partition coefficient (Wildman–Crippen LogP) is 3.15. The maximum absolute atomic E-state index is 5.40. The second-order valence-electron chi connectivity index (χ2n) is 5.22. The van der Waals surface area contributed by atoms with E-state index in [-0.39, 0.29) is 0 Å². The number of unbranched alkanes of at least 4 members (excludes halogenated alkanes) is 1. The highest BCUT2D eigenvalue weighted by molar-refractivity contribution is 5.79. The van der Waals surface area contributed by atoms with E-state index in [0.717, 1.165) is 35.9 Å². The monoisotopic (exact) mass is 300 g/mol. The maximum Gasteiger partial charge on any atom is 0.193 e. The van der Waals surface area contributed by atoms with Crippen LogP contribution in [0, 0.1) is 0 Å². The molecule has 118 valence electrons. The molecule has 0 spiro atoms. The number of hydrogen-bond acceptors (Lipinski definition) is 3. The summed E-state index contributed by atoms with van der Waals surface area (Å²) in [6.07, 6.45) is 2.32. The van der Waals surface area contributed by atoms with Gasteiger partial charge < -0.3 is 14.7 Å². The normalized spacial score (nSPS) is 11.5. The molecular weight excluding hydrogens is 276 g/mol. The first-order chi connectivity index (χ1) is 10.7. The minimum atomic E-state index is 0.597. The zero-order chi connectivity index (χ0) is 15.8. The Morgan fingerprint density at radius 1 is 1.32 bits per heavy atom. The summed E-state index contributed by atoms with van der Waals surface area (Å²) in [5.74, 6) is 1.66. The summed E-state index contributed by atoms with van der Waals surface area (Å²) in [6.45, 7) is 3.77. The molecule has 5 nitrogen and oxygen atoms in total. The molecule has 0 unspecified atom stereocenters. The van der Waals surface area contributed by atoms with Gasteiger partial charge in [0.05, 0.1) is 6.54 Å². The average Bonchev–Trinajstić information content (AvgIpc) is 3.03. The van der Waals surface area contributed by atoms with Crippen LogP contribution in [0.5, 0.6) is 0 Å². The van der Waals surface area contributed by atoms with Gasteiger partial charge in [-0.25, -0.2) is 0 Å². The molecule has 1 N–H and O–H groups in total. The minimum absolute atomic E-state index is 0.597. The lowest BCUT2D eigenvalue weighted by atomic mass is 10.2. The number of guanidine groups is 1. The van der Waals surface area contributed by atoms with Crippen molar-refractivity contribution in [2.24, 2.45) is 4.99 Å². The second kappa shape index (κ2) is 8.22. The lowest BCUT2D eigenvalue weighted by Crippen LogP contribution is -2.39. The Morgan fingerprint density at radius 3 is 2.77 bits per heavy atom. The van der Waals surface area contributed by atoms with Crippen molar-refractivity contribution in [2.45, 2.75) is 26.3 Å². The first-order valence-corrected chi connectivity index (χ1v) is 7.67. The molecule has 0 amide bonds. The molecular formula is C17H24N4O. The van der Waals surface area contributed by atoms with Gasteiger partial charge in [0.25, 0.3) is 0 Å². The number of nitrogens with one attached hydrogen (secondary N) is 1. The van der Waals surface area contributed by atoms with Crippen molar-refractivity contribution in [3.8, 4) is 11.3 Å². The topological polar surface area (TPSA) is 53.7 Å². The Morgan fingerprint density at radius 2 is 2.09 bits per heavy atom. The minimum Gasteiger partial charge on any atom is -0.356 e. The number of aliphatic imine (C=N–C) groups is 1. The highest BCUT2D eigenvalue weighted by atomic mass is 16.5. The van der Waals surface area contributed by atoms with Crippen LogP contribution in [0.15, 0.2) is 45.9 Å². The maximum atomic E-state index is 5.40. The lowest BCUT2D eigenvalue weighted by Gasteiger charge is -2.21. The van der Waals surface area contributed by atoms with Gasteiger partial charge in [-0.15, -0.1) is 0 Å². The summed E-state index contributed by atoms with van der Waals surface area (Å²) in [7, 11) is 3.84. The molecule has 2 aromatic rings.